The van der Waals surface area contributed by atoms with Crippen molar-refractivity contribution >= 4 is 40.9 Å². The number of halogens is 2. The van der Waals surface area contributed by atoms with Gasteiger partial charge in [0, 0.05) is 10.9 Å². The van der Waals surface area contributed by atoms with E-state index in [1.54, 1.807) is 36.4 Å². The van der Waals surface area contributed by atoms with Crippen LogP contribution in [0.5, 0.6) is 11.5 Å². The number of carbonyl (C=O) groups excluding carboxylic acids is 4. The van der Waals surface area contributed by atoms with E-state index in [9.17, 15) is 23.9 Å². The van der Waals surface area contributed by atoms with Crippen LogP contribution < -0.4 is 10.2 Å². The number of carbonyl (C=O) groups is 4. The van der Waals surface area contributed by atoms with Crippen LogP contribution in [0.15, 0.2) is 109 Å². The van der Waals surface area contributed by atoms with Gasteiger partial charge >= 0.3 is 0 Å². The van der Waals surface area contributed by atoms with Gasteiger partial charge in [-0.3, -0.25) is 29.5 Å². The molecule has 2 aliphatic carbocycles. The number of amides is 4. The van der Waals surface area contributed by atoms with Gasteiger partial charge < -0.3 is 9.84 Å². The van der Waals surface area contributed by atoms with E-state index < -0.39 is 52.6 Å². The first kappa shape index (κ1) is 32.7. The molecule has 6 atom stereocenters. The second kappa shape index (κ2) is 12.4. The fourth-order valence-electron chi connectivity index (χ4n) is 8.90. The minimum atomic E-state index is -1.56. The monoisotopic (exact) mass is 705 g/mol. The van der Waals surface area contributed by atoms with Crippen molar-refractivity contribution in [3.8, 4) is 11.5 Å². The molecule has 2 saturated heterocycles. The van der Waals surface area contributed by atoms with Crippen LogP contribution in [-0.4, -0.2) is 45.8 Å². The molecule has 3 fully saturated rings. The van der Waals surface area contributed by atoms with Gasteiger partial charge in [-0.15, -0.1) is 0 Å². The van der Waals surface area contributed by atoms with Crippen LogP contribution in [0.2, 0.25) is 5.02 Å². The predicted octanol–water partition coefficient (Wildman–Crippen LogP) is 6.38. The van der Waals surface area contributed by atoms with E-state index in [1.165, 1.54) is 42.3 Å². The van der Waals surface area contributed by atoms with E-state index in [-0.39, 0.29) is 42.7 Å². The van der Waals surface area contributed by atoms with Gasteiger partial charge in [0.05, 0.1) is 42.5 Å². The fourth-order valence-corrected chi connectivity index (χ4v) is 9.03. The van der Waals surface area contributed by atoms with Crippen molar-refractivity contribution in [2.24, 2.45) is 23.7 Å². The Kier molecular flexibility index (Phi) is 7.94. The first-order chi connectivity index (χ1) is 24.6. The van der Waals surface area contributed by atoms with Gasteiger partial charge in [0.25, 0.3) is 11.8 Å². The standard InChI is InChI=1S/C40H33ClFN3O6/c1-51-33-18-7-23(19-32(33)46)35-28-16-17-29-34(38(49)44(36(29)47)21-22-5-3-2-4-6-22)30(28)20-31-37(48)45(43-27-14-12-26(42)13-15-27)39(50)40(31,35)24-8-10-25(41)11-9-24/h2-16,18-19,29-31,34-35,43,46H,17,20-21H2,1H3/t29-,30+,31-,34-,35-,40+/m0/s1. The first-order valence-corrected chi connectivity index (χ1v) is 17.1. The van der Waals surface area contributed by atoms with Crippen LogP contribution in [0, 0.1) is 29.5 Å². The maximum atomic E-state index is 15.2. The summed E-state index contributed by atoms with van der Waals surface area (Å²) in [5.41, 5.74) is 4.33. The summed E-state index contributed by atoms with van der Waals surface area (Å²) in [6.07, 6.45) is 2.33. The Morgan fingerprint density at radius 1 is 0.902 bits per heavy atom. The van der Waals surface area contributed by atoms with Crippen LogP contribution in [0.4, 0.5) is 10.1 Å². The number of nitrogens with one attached hydrogen (secondary N) is 1. The Balaban J connectivity index is 1.31. The maximum Gasteiger partial charge on any atom is 0.260 e. The molecule has 2 N–H and O–H groups in total. The average Bonchev–Trinajstić information content (AvgIpc) is 3.50. The molecule has 0 spiro atoms. The molecule has 11 heteroatoms. The molecule has 0 aromatic heterocycles. The van der Waals surface area contributed by atoms with Gasteiger partial charge in [0.1, 0.15) is 5.82 Å². The van der Waals surface area contributed by atoms with Crippen molar-refractivity contribution in [3.05, 3.63) is 136 Å². The molecule has 9 nitrogen and oxygen atoms in total. The number of hydrazine groups is 1. The van der Waals surface area contributed by atoms with Crippen molar-refractivity contribution in [1.29, 1.82) is 0 Å². The third kappa shape index (κ3) is 5.03. The number of rotatable bonds is 7. The number of imide groups is 2. The normalized spacial score (nSPS) is 26.8. The zero-order valence-electron chi connectivity index (χ0n) is 27.5. The molecule has 4 aromatic rings. The van der Waals surface area contributed by atoms with Crippen molar-refractivity contribution < 1.29 is 33.4 Å². The summed E-state index contributed by atoms with van der Waals surface area (Å²) in [6.45, 7) is 0.133. The Bertz CT molecular complexity index is 2110. The first-order valence-electron chi connectivity index (χ1n) is 16.8. The summed E-state index contributed by atoms with van der Waals surface area (Å²) in [4.78, 5) is 59.5. The van der Waals surface area contributed by atoms with Crippen LogP contribution in [0.3, 0.4) is 0 Å². The molecule has 0 unspecified atom stereocenters. The van der Waals surface area contributed by atoms with Crippen molar-refractivity contribution in [1.82, 2.24) is 9.91 Å². The smallest absolute Gasteiger partial charge is 0.260 e. The van der Waals surface area contributed by atoms with Crippen LogP contribution in [0.25, 0.3) is 0 Å². The Hall–Kier alpha value is -5.48. The van der Waals surface area contributed by atoms with Crippen molar-refractivity contribution in [2.75, 3.05) is 12.5 Å². The zero-order valence-corrected chi connectivity index (χ0v) is 28.2. The average molecular weight is 706 g/mol. The SMILES string of the molecule is COc1ccc([C@H]2C3=CC[C@@H]4C(=O)N(Cc5ccccc5)C(=O)[C@@H]4[C@@H]3C[C@H]3C(=O)N(Nc4ccc(F)cc4)C(=O)[C@@]23c2ccc(Cl)cc2)cc1O. The summed E-state index contributed by atoms with van der Waals surface area (Å²) < 4.78 is 19.2. The number of anilines is 1. The van der Waals surface area contributed by atoms with Gasteiger partial charge in [-0.25, -0.2) is 4.39 Å². The van der Waals surface area contributed by atoms with Gasteiger partial charge in [-0.1, -0.05) is 71.8 Å². The maximum absolute atomic E-state index is 15.2. The number of methoxy groups -OCH3 is 1. The van der Waals surface area contributed by atoms with Crippen LogP contribution >= 0.6 is 11.6 Å². The summed E-state index contributed by atoms with van der Waals surface area (Å²) in [5.74, 6) is -5.84. The topological polar surface area (TPSA) is 116 Å². The lowest BCUT2D eigenvalue weighted by molar-refractivity contribution is -0.142. The number of nitrogens with zero attached hydrogens (tertiary/aromatic N) is 2. The largest absolute Gasteiger partial charge is 0.504 e. The molecule has 1 saturated carbocycles. The number of allylic oxidation sites excluding steroid dienone is 2. The number of benzene rings is 4. The number of hydrogen-bond donors (Lipinski definition) is 2. The van der Waals surface area contributed by atoms with Gasteiger partial charge in [0.15, 0.2) is 11.5 Å². The molecule has 51 heavy (non-hydrogen) atoms. The number of likely N-dealkylation sites (tertiary alicyclic amines) is 1. The summed E-state index contributed by atoms with van der Waals surface area (Å²) in [6, 6.07) is 26.3. The number of ether oxygens (including phenoxy) is 1. The highest BCUT2D eigenvalue weighted by molar-refractivity contribution is 6.30. The lowest BCUT2D eigenvalue weighted by atomic mass is 9.49. The Morgan fingerprint density at radius 2 is 1.63 bits per heavy atom. The molecule has 4 aromatic carbocycles. The van der Waals surface area contributed by atoms with Crippen molar-refractivity contribution in [2.45, 2.75) is 30.7 Å². The van der Waals surface area contributed by atoms with Crippen molar-refractivity contribution in [3.63, 3.8) is 0 Å². The lowest BCUT2D eigenvalue weighted by Gasteiger charge is -2.50. The predicted molar refractivity (Wildman–Crippen MR) is 186 cm³/mol. The van der Waals surface area contributed by atoms with Gasteiger partial charge in [-0.05, 0) is 84.0 Å². The number of aromatic hydroxyl groups is 1. The molecule has 8 rings (SSSR count). The molecule has 0 bridgehead atoms. The molecule has 4 amide bonds. The molecule has 2 aliphatic heterocycles. The quantitative estimate of drug-likeness (QED) is 0.169. The Morgan fingerprint density at radius 3 is 2.31 bits per heavy atom. The summed E-state index contributed by atoms with van der Waals surface area (Å²) in [5, 5.41) is 12.5. The van der Waals surface area contributed by atoms with Gasteiger partial charge in [0.2, 0.25) is 11.8 Å². The van der Waals surface area contributed by atoms with E-state index in [2.05, 4.69) is 5.43 Å². The van der Waals surface area contributed by atoms with Crippen LogP contribution in [0.1, 0.15) is 35.4 Å². The second-order valence-corrected chi connectivity index (χ2v) is 14.0. The number of phenols is 1. The van der Waals surface area contributed by atoms with Crippen LogP contribution in [-0.2, 0) is 31.1 Å². The number of phenolic OH excluding ortho intramolecular Hbond substituents is 1. The van der Waals surface area contributed by atoms with E-state index >= 15 is 4.79 Å². The highest BCUT2D eigenvalue weighted by Gasteiger charge is 2.70. The molecule has 0 radical (unpaired) electrons. The zero-order chi connectivity index (χ0) is 35.6. The molecule has 2 heterocycles. The van der Waals surface area contributed by atoms with E-state index in [0.717, 1.165) is 16.1 Å². The summed E-state index contributed by atoms with van der Waals surface area (Å²) >= 11 is 6.35. The van der Waals surface area contributed by atoms with E-state index in [1.807, 2.05) is 36.4 Å². The third-order valence-electron chi connectivity index (χ3n) is 11.1. The highest BCUT2D eigenvalue weighted by atomic mass is 35.5. The van der Waals surface area contributed by atoms with Gasteiger partial charge in [-0.2, -0.15) is 5.01 Å². The van der Waals surface area contributed by atoms with E-state index in [4.69, 9.17) is 16.3 Å². The highest BCUT2D eigenvalue weighted by Crippen LogP contribution is 2.64. The van der Waals surface area contributed by atoms with E-state index in [0.29, 0.717) is 21.8 Å². The molecular weight excluding hydrogens is 673 g/mol. The number of fused-ring (bicyclic) bond motifs is 4. The Labute approximate surface area is 298 Å². The minimum Gasteiger partial charge on any atom is -0.504 e. The number of hydrogen-bond acceptors (Lipinski definition) is 7. The molecular formula is C40H33ClFN3O6. The third-order valence-corrected chi connectivity index (χ3v) is 11.3. The summed E-state index contributed by atoms with van der Waals surface area (Å²) in [7, 11) is 1.43. The minimum absolute atomic E-state index is 0.110. The molecule has 258 valence electrons. The lowest BCUT2D eigenvalue weighted by Crippen LogP contribution is -2.53. The fraction of sp³-hybridized carbons (Fsp3) is 0.250. The molecule has 4 aliphatic rings. The second-order valence-electron chi connectivity index (χ2n) is 13.6.